The molecule has 0 spiro atoms. The molecular formula is C10H10N4O4. The summed E-state index contributed by atoms with van der Waals surface area (Å²) in [5.74, 6) is 0. The van der Waals surface area contributed by atoms with Gasteiger partial charge in [0.05, 0.1) is 0 Å². The second-order valence-electron chi connectivity index (χ2n) is 3.25. The molecule has 94 valence electrons. The first kappa shape index (κ1) is 13.3. The zero-order valence-electron chi connectivity index (χ0n) is 9.15. The molecule has 0 aliphatic rings. The summed E-state index contributed by atoms with van der Waals surface area (Å²) in [7, 11) is 0. The second-order valence-corrected chi connectivity index (χ2v) is 3.25. The first-order valence-electron chi connectivity index (χ1n) is 4.71. The van der Waals surface area contributed by atoms with Crippen LogP contribution in [0.4, 0.5) is 9.59 Å². The zero-order valence-corrected chi connectivity index (χ0v) is 9.15. The molecule has 0 radical (unpaired) electrons. The average molecular weight is 250 g/mol. The molecule has 0 saturated carbocycles. The summed E-state index contributed by atoms with van der Waals surface area (Å²) in [5, 5.41) is 11.7. The van der Waals surface area contributed by atoms with Gasteiger partial charge in [0.15, 0.2) is 6.20 Å². The van der Waals surface area contributed by atoms with Gasteiger partial charge in [-0.3, -0.25) is 0 Å². The fourth-order valence-electron chi connectivity index (χ4n) is 1.07. The molecule has 0 fully saturated rings. The average Bonchev–Trinajstić information content (AvgIpc) is 2.31. The highest BCUT2D eigenvalue weighted by Crippen LogP contribution is 1.83. The maximum absolute atomic E-state index is 10.9. The zero-order chi connectivity index (χ0) is 13.7. The van der Waals surface area contributed by atoms with E-state index in [9.17, 15) is 19.7 Å². The SMILES string of the molecule is NC(=O)N([O-])C=c1ccc(=C[N+](=O)C(N)=O)cc1. The predicted molar refractivity (Wildman–Crippen MR) is 62.6 cm³/mol. The molecule has 0 aliphatic heterocycles. The van der Waals surface area contributed by atoms with Crippen molar-refractivity contribution in [1.82, 2.24) is 5.06 Å². The molecule has 8 nitrogen and oxygen atoms in total. The van der Waals surface area contributed by atoms with Gasteiger partial charge in [-0.2, -0.15) is 4.79 Å². The van der Waals surface area contributed by atoms with E-state index in [2.05, 4.69) is 0 Å². The van der Waals surface area contributed by atoms with Crippen molar-refractivity contribution < 1.29 is 14.3 Å². The molecule has 1 aromatic rings. The van der Waals surface area contributed by atoms with Gasteiger partial charge in [0, 0.05) is 16.2 Å². The Kier molecular flexibility index (Phi) is 4.11. The topological polar surface area (TPSA) is 133 Å². The summed E-state index contributed by atoms with van der Waals surface area (Å²) in [6.07, 6.45) is 1.96. The predicted octanol–water partition coefficient (Wildman–Crippen LogP) is -1.10. The Hall–Kier alpha value is -2.74. The highest BCUT2D eigenvalue weighted by molar-refractivity contribution is 5.76. The van der Waals surface area contributed by atoms with E-state index in [1.165, 1.54) is 24.3 Å². The third-order valence-corrected chi connectivity index (χ3v) is 1.90. The van der Waals surface area contributed by atoms with Crippen LogP contribution >= 0.6 is 0 Å². The first-order chi connectivity index (χ1) is 8.40. The van der Waals surface area contributed by atoms with E-state index < -0.39 is 12.1 Å². The van der Waals surface area contributed by atoms with Crippen molar-refractivity contribution in [3.63, 3.8) is 0 Å². The molecule has 4 N–H and O–H groups in total. The molecule has 1 aromatic carbocycles. The lowest BCUT2D eigenvalue weighted by atomic mass is 10.3. The van der Waals surface area contributed by atoms with Crippen molar-refractivity contribution in [3.8, 4) is 0 Å². The fourth-order valence-corrected chi connectivity index (χ4v) is 1.07. The Morgan fingerprint density at radius 1 is 1.17 bits per heavy atom. The summed E-state index contributed by atoms with van der Waals surface area (Å²) < 4.78 is -0.0258. The summed E-state index contributed by atoms with van der Waals surface area (Å²) in [6.45, 7) is 0. The number of hydrogen-bond acceptors (Lipinski definition) is 4. The van der Waals surface area contributed by atoms with Crippen LogP contribution in [0.5, 0.6) is 0 Å². The van der Waals surface area contributed by atoms with Gasteiger partial charge in [0.25, 0.3) is 0 Å². The van der Waals surface area contributed by atoms with Crippen LogP contribution in [0.15, 0.2) is 24.3 Å². The second kappa shape index (κ2) is 5.55. The van der Waals surface area contributed by atoms with Crippen LogP contribution in [0.25, 0.3) is 12.4 Å². The first-order valence-corrected chi connectivity index (χ1v) is 4.71. The molecular weight excluding hydrogens is 240 g/mol. The largest absolute Gasteiger partial charge is 0.751 e. The molecule has 8 heteroatoms. The Bertz CT molecular complexity index is 587. The number of benzene rings is 1. The molecule has 0 aromatic heterocycles. The smallest absolute Gasteiger partial charge is 0.532 e. The van der Waals surface area contributed by atoms with Crippen LogP contribution in [0.3, 0.4) is 0 Å². The third-order valence-electron chi connectivity index (χ3n) is 1.90. The van der Waals surface area contributed by atoms with E-state index in [-0.39, 0.29) is 9.82 Å². The minimum absolute atomic E-state index is 0.0258. The number of hydrogen-bond donors (Lipinski definition) is 2. The summed E-state index contributed by atoms with van der Waals surface area (Å²) in [6, 6.07) is 3.60. The van der Waals surface area contributed by atoms with Crippen LogP contribution in [-0.4, -0.2) is 21.9 Å². The highest BCUT2D eigenvalue weighted by Gasteiger charge is 2.08. The third kappa shape index (κ3) is 3.68. The number of amides is 4. The van der Waals surface area contributed by atoms with Crippen molar-refractivity contribution in [2.24, 2.45) is 11.5 Å². The van der Waals surface area contributed by atoms with Crippen LogP contribution in [0, 0.1) is 10.1 Å². The number of rotatable bonds is 2. The van der Waals surface area contributed by atoms with Crippen LogP contribution in [-0.2, 0) is 0 Å². The quantitative estimate of drug-likeness (QED) is 0.509. The molecule has 4 amide bonds. The molecule has 0 aliphatic carbocycles. The van der Waals surface area contributed by atoms with E-state index >= 15 is 0 Å². The van der Waals surface area contributed by atoms with Gasteiger partial charge in [-0.25, -0.2) is 10.5 Å². The Morgan fingerprint density at radius 3 is 2.11 bits per heavy atom. The monoisotopic (exact) mass is 250 g/mol. The van der Waals surface area contributed by atoms with Crippen LogP contribution in [0.2, 0.25) is 0 Å². The number of hydroxylamine groups is 2. The van der Waals surface area contributed by atoms with Gasteiger partial charge in [-0.1, -0.05) is 29.2 Å². The number of nitrogens with zero attached hydrogens (tertiary/aromatic N) is 2. The van der Waals surface area contributed by atoms with Gasteiger partial charge in [-0.15, -0.1) is 0 Å². The van der Waals surface area contributed by atoms with Crippen molar-refractivity contribution >= 4 is 24.5 Å². The van der Waals surface area contributed by atoms with E-state index in [1.807, 2.05) is 0 Å². The molecule has 0 bridgehead atoms. The van der Waals surface area contributed by atoms with Gasteiger partial charge < -0.3 is 16.0 Å². The fraction of sp³-hybridized carbons (Fsp3) is 0. The van der Waals surface area contributed by atoms with E-state index in [0.29, 0.717) is 10.4 Å². The van der Waals surface area contributed by atoms with Crippen molar-refractivity contribution in [2.45, 2.75) is 0 Å². The number of carbonyl (C=O) groups is 2. The number of nitrogens with two attached hydrogens (primary N) is 2. The lowest BCUT2D eigenvalue weighted by Crippen LogP contribution is -2.27. The lowest BCUT2D eigenvalue weighted by Gasteiger charge is -2.19. The van der Waals surface area contributed by atoms with Gasteiger partial charge in [0.1, 0.15) is 0 Å². The summed E-state index contributed by atoms with van der Waals surface area (Å²) >= 11 is 0. The lowest BCUT2D eigenvalue weighted by molar-refractivity contribution is -0.332. The maximum atomic E-state index is 10.9. The molecule has 0 heterocycles. The molecule has 0 atom stereocenters. The molecule has 0 saturated heterocycles. The molecule has 0 unspecified atom stereocenters. The standard InChI is InChI=1S/C10H10N4O4/c11-9(15)13(17)5-7-1-2-8(4-3-7)6-14(18)10(12)16/h1-6H,(H2,11,15)(H2,12,16). The van der Waals surface area contributed by atoms with Crippen LogP contribution < -0.4 is 21.9 Å². The van der Waals surface area contributed by atoms with Crippen molar-refractivity contribution in [1.29, 1.82) is 0 Å². The minimum Gasteiger partial charge on any atom is -0.751 e. The van der Waals surface area contributed by atoms with Crippen molar-refractivity contribution in [2.75, 3.05) is 0 Å². The Balaban J connectivity index is 3.04. The van der Waals surface area contributed by atoms with Gasteiger partial charge >= 0.3 is 12.1 Å². The van der Waals surface area contributed by atoms with Gasteiger partial charge in [-0.05, 0) is 5.22 Å². The summed E-state index contributed by atoms with van der Waals surface area (Å²) in [4.78, 5) is 31.9. The Morgan fingerprint density at radius 2 is 1.67 bits per heavy atom. The van der Waals surface area contributed by atoms with Gasteiger partial charge in [0.2, 0.25) is 0 Å². The number of carbonyl (C=O) groups excluding carboxylic acids is 2. The van der Waals surface area contributed by atoms with Crippen LogP contribution in [0.1, 0.15) is 0 Å². The number of urea groups is 2. The number of nitroso groups, excluding NO2 is 1. The minimum atomic E-state index is -1.13. The molecule has 1 rings (SSSR count). The van der Waals surface area contributed by atoms with Crippen molar-refractivity contribution in [3.05, 3.63) is 44.8 Å². The van der Waals surface area contributed by atoms with E-state index in [4.69, 9.17) is 11.5 Å². The van der Waals surface area contributed by atoms with E-state index in [0.717, 1.165) is 12.4 Å². The summed E-state index contributed by atoms with van der Waals surface area (Å²) in [5.41, 5.74) is 9.50. The number of primary amides is 2. The normalized spacial score (nSPS) is 9.39. The Labute approximate surface area is 101 Å². The highest BCUT2D eigenvalue weighted by atomic mass is 16.5. The maximum Gasteiger partial charge on any atom is 0.532 e. The van der Waals surface area contributed by atoms with E-state index in [1.54, 1.807) is 0 Å². The molecule has 18 heavy (non-hydrogen) atoms.